The topological polar surface area (TPSA) is 80.3 Å². The molecular formula is C39H72O4Sn. The largest absolute Gasteiger partial charge is 0.0622 e. The molecule has 0 spiro atoms. The molecule has 0 aliphatic heterocycles. The van der Waals surface area contributed by atoms with E-state index >= 15 is 0 Å². The van der Waals surface area contributed by atoms with Gasteiger partial charge in [0.1, 0.15) is 0 Å². The quantitative estimate of drug-likeness (QED) is 0.0704. The number of carboxylic acid groups (broad SMARTS) is 2. The van der Waals surface area contributed by atoms with Crippen LogP contribution in [0.4, 0.5) is 0 Å². The van der Waals surface area contributed by atoms with E-state index in [1.165, 1.54) is 121 Å². The molecule has 4 nitrogen and oxygen atoms in total. The van der Waals surface area contributed by atoms with E-state index in [0.717, 1.165) is 25.7 Å². The molecule has 0 atom stereocenters. The van der Waals surface area contributed by atoms with Crippen LogP contribution in [-0.4, -0.2) is 33.1 Å². The first-order valence-electron chi connectivity index (χ1n) is 18.5. The average molecular weight is 724 g/mol. The van der Waals surface area contributed by atoms with Crippen molar-refractivity contribution < 1.29 is 19.8 Å². The number of hydrogen-bond donors (Lipinski definition) is 0. The second-order valence-electron chi connectivity index (χ2n) is 12.0. The summed E-state index contributed by atoms with van der Waals surface area (Å²) in [5, 5.41) is 20.2. The molecule has 0 heterocycles. The molecule has 0 N–H and O–H groups in total. The van der Waals surface area contributed by atoms with E-state index in [-0.39, 0.29) is 34.0 Å². The molecule has 1 rings (SSSR count). The molecule has 0 aliphatic rings. The number of hydrogen-bond acceptors (Lipinski definition) is 4. The maximum absolute atomic E-state index is 10.1. The Morgan fingerprint density at radius 2 is 0.773 bits per heavy atom. The van der Waals surface area contributed by atoms with Crippen LogP contribution in [0.2, 0.25) is 8.87 Å². The number of rotatable bonds is 26. The van der Waals surface area contributed by atoms with Crippen molar-refractivity contribution in [3.63, 3.8) is 0 Å². The molecule has 0 saturated heterocycles. The summed E-state index contributed by atoms with van der Waals surface area (Å²) >= 11 is 0.149. The number of unbranched alkanes of at least 4 members (excludes halogenated alkanes) is 18. The number of aryl methyl sites for hydroxylation is 1. The summed E-state index contributed by atoms with van der Waals surface area (Å²) in [6, 6.07) is 10.3. The van der Waals surface area contributed by atoms with Crippen molar-refractivity contribution in [3.8, 4) is 0 Å². The van der Waals surface area contributed by atoms with E-state index in [9.17, 15) is 19.8 Å². The maximum atomic E-state index is 10.1. The van der Waals surface area contributed by atoms with Crippen molar-refractivity contribution in [1.82, 2.24) is 0 Å². The van der Waals surface area contributed by atoms with Gasteiger partial charge in [0.15, 0.2) is 0 Å². The molecule has 0 aliphatic carbocycles. The summed E-state index contributed by atoms with van der Waals surface area (Å²) in [5.41, 5.74) is 1.32. The van der Waals surface area contributed by atoms with Crippen molar-refractivity contribution in [2.24, 2.45) is 0 Å². The Bertz CT molecular complexity index is 627. The van der Waals surface area contributed by atoms with Crippen LogP contribution in [0.5, 0.6) is 0 Å². The van der Waals surface area contributed by atoms with E-state index in [1.54, 1.807) is 8.87 Å². The summed E-state index contributed by atoms with van der Waals surface area (Å²) in [6.07, 6.45) is 28.2. The number of aliphatic carboxylic acids is 2. The van der Waals surface area contributed by atoms with Crippen LogP contribution in [0.1, 0.15) is 187 Å². The summed E-state index contributed by atoms with van der Waals surface area (Å²) in [6.45, 7) is 11.1. The van der Waals surface area contributed by atoms with Crippen LogP contribution in [-0.2, 0) is 9.59 Å². The fourth-order valence-electron chi connectivity index (χ4n) is 4.42. The Kier molecular flexibility index (Phi) is 47.5. The zero-order valence-electron chi connectivity index (χ0n) is 29.9. The van der Waals surface area contributed by atoms with Gasteiger partial charge in [0.25, 0.3) is 0 Å². The standard InChI is InChI=1S/2C12H24O2.C7H8.2C4H9.Sn/c2*1-2-3-4-5-6-7-8-9-10-11-12(13)14;1-7-5-3-2-4-6-7;2*1-3-4-2;/h2*2-11H2,1H3,(H,13,14);2-6H,1H3;2*1,3-4H2,2H3;/q;;;;;+2/p-2. The first-order valence-corrected chi connectivity index (χ1v) is 22.5. The van der Waals surface area contributed by atoms with Crippen LogP contribution in [0.3, 0.4) is 0 Å². The molecular weight excluding hydrogens is 651 g/mol. The summed E-state index contributed by atoms with van der Waals surface area (Å²) in [7, 11) is 0. The van der Waals surface area contributed by atoms with Crippen LogP contribution in [0, 0.1) is 6.92 Å². The van der Waals surface area contributed by atoms with Crippen LogP contribution >= 0.6 is 0 Å². The Balaban J connectivity index is -0.000000527. The van der Waals surface area contributed by atoms with Gasteiger partial charge in [-0.05, 0) is 32.6 Å². The van der Waals surface area contributed by atoms with Crippen LogP contribution in [0.25, 0.3) is 0 Å². The SMILES string of the molecule is CCCCCCCCCCCC(=O)[O-].CCCCCCCCCCCC(=O)[O-].CCC[CH2][Sn+2][CH2]CCC.Cc1ccccc1. The van der Waals surface area contributed by atoms with Crippen molar-refractivity contribution in [1.29, 1.82) is 0 Å². The Morgan fingerprint density at radius 3 is 1.02 bits per heavy atom. The number of carbonyl (C=O) groups is 2. The van der Waals surface area contributed by atoms with E-state index in [1.807, 2.05) is 18.2 Å². The normalized spacial score (nSPS) is 9.84. The first-order chi connectivity index (χ1) is 21.3. The average Bonchev–Trinajstić information content (AvgIpc) is 3.00. The van der Waals surface area contributed by atoms with Crippen molar-refractivity contribution in [2.75, 3.05) is 0 Å². The van der Waals surface area contributed by atoms with Crippen molar-refractivity contribution in [2.45, 2.75) is 198 Å². The smallest absolute Gasteiger partial charge is 0.0398 e. The first kappa shape index (κ1) is 47.4. The molecule has 256 valence electrons. The number of benzene rings is 1. The molecule has 0 unspecified atom stereocenters. The molecule has 0 fully saturated rings. The third kappa shape index (κ3) is 53.5. The third-order valence-electron chi connectivity index (χ3n) is 7.32. The van der Waals surface area contributed by atoms with Gasteiger partial charge in [0.05, 0.1) is 0 Å². The maximum Gasteiger partial charge on any atom is -0.0398 e. The minimum Gasteiger partial charge on any atom is -0.0622 e. The zero-order valence-corrected chi connectivity index (χ0v) is 32.8. The van der Waals surface area contributed by atoms with Gasteiger partial charge < -0.3 is 19.8 Å². The minimum atomic E-state index is -0.909. The molecule has 44 heavy (non-hydrogen) atoms. The predicted molar refractivity (Wildman–Crippen MR) is 190 cm³/mol. The van der Waals surface area contributed by atoms with Crippen molar-refractivity contribution >= 4 is 33.1 Å². The van der Waals surface area contributed by atoms with Crippen LogP contribution in [0.15, 0.2) is 30.3 Å². The van der Waals surface area contributed by atoms with Gasteiger partial charge in [-0.25, -0.2) is 0 Å². The van der Waals surface area contributed by atoms with E-state index in [2.05, 4.69) is 46.8 Å². The van der Waals surface area contributed by atoms with Gasteiger partial charge in [0.2, 0.25) is 0 Å². The molecule has 0 saturated carbocycles. The van der Waals surface area contributed by atoms with Gasteiger partial charge in [-0.3, -0.25) is 0 Å². The van der Waals surface area contributed by atoms with E-state index in [0.29, 0.717) is 0 Å². The van der Waals surface area contributed by atoms with E-state index in [4.69, 9.17) is 0 Å². The molecule has 0 aromatic heterocycles. The number of carbonyl (C=O) groups excluding carboxylic acids is 2. The van der Waals surface area contributed by atoms with Gasteiger partial charge in [-0.15, -0.1) is 0 Å². The zero-order chi connectivity index (χ0) is 33.4. The Labute approximate surface area is 285 Å². The Hall–Kier alpha value is -1.04. The summed E-state index contributed by atoms with van der Waals surface area (Å²) in [4.78, 5) is 20.2. The third-order valence-corrected chi connectivity index (χ3v) is 11.4. The van der Waals surface area contributed by atoms with Gasteiger partial charge in [-0.2, -0.15) is 0 Å². The molecule has 1 aromatic carbocycles. The van der Waals surface area contributed by atoms with Gasteiger partial charge in [-0.1, -0.05) is 152 Å². The Morgan fingerprint density at radius 1 is 0.477 bits per heavy atom. The predicted octanol–water partition coefficient (Wildman–Crippen LogP) is 10.4. The van der Waals surface area contributed by atoms with E-state index < -0.39 is 11.9 Å². The second kappa shape index (κ2) is 44.1. The summed E-state index contributed by atoms with van der Waals surface area (Å²) < 4.78 is 3.25. The number of carboxylic acids is 2. The van der Waals surface area contributed by atoms with Crippen LogP contribution < -0.4 is 10.2 Å². The fraction of sp³-hybridized carbons (Fsp3) is 0.795. The molecule has 0 bridgehead atoms. The molecule has 0 radical (unpaired) electrons. The molecule has 0 amide bonds. The minimum absolute atomic E-state index is 0.149. The van der Waals surface area contributed by atoms with Crippen molar-refractivity contribution in [3.05, 3.63) is 35.9 Å². The monoisotopic (exact) mass is 724 g/mol. The molecule has 1 aromatic rings. The summed E-state index contributed by atoms with van der Waals surface area (Å²) in [5.74, 6) is -1.82. The van der Waals surface area contributed by atoms with Gasteiger partial charge >= 0.3 is 69.5 Å². The fourth-order valence-corrected chi connectivity index (χ4v) is 8.58. The van der Waals surface area contributed by atoms with Gasteiger partial charge in [0, 0.05) is 11.9 Å². The second-order valence-corrected chi connectivity index (χ2v) is 16.3. The molecule has 5 heteroatoms.